The van der Waals surface area contributed by atoms with E-state index in [-0.39, 0.29) is 6.10 Å². The summed E-state index contributed by atoms with van der Waals surface area (Å²) < 4.78 is 10.5. The van der Waals surface area contributed by atoms with Gasteiger partial charge in [0, 0.05) is 7.11 Å². The summed E-state index contributed by atoms with van der Waals surface area (Å²) in [6.45, 7) is 4.25. The van der Waals surface area contributed by atoms with E-state index in [0.29, 0.717) is 18.3 Å². The zero-order valence-electron chi connectivity index (χ0n) is 9.15. The van der Waals surface area contributed by atoms with E-state index in [9.17, 15) is 0 Å². The molecule has 1 aromatic heterocycles. The minimum atomic E-state index is -0.0609. The summed E-state index contributed by atoms with van der Waals surface area (Å²) in [5.41, 5.74) is 3.26. The molecule has 0 amide bonds. The van der Waals surface area contributed by atoms with Crippen LogP contribution in [0.15, 0.2) is 6.33 Å². The molecule has 0 bridgehead atoms. The summed E-state index contributed by atoms with van der Waals surface area (Å²) in [6, 6.07) is 0. The topological polar surface area (TPSA) is 82.3 Å². The van der Waals surface area contributed by atoms with Gasteiger partial charge in [0.1, 0.15) is 18.2 Å². The molecule has 0 radical (unpaired) electrons. The van der Waals surface area contributed by atoms with Crippen LogP contribution >= 0.6 is 0 Å². The van der Waals surface area contributed by atoms with Gasteiger partial charge in [-0.15, -0.1) is 0 Å². The van der Waals surface area contributed by atoms with Crippen LogP contribution in [0.25, 0.3) is 0 Å². The van der Waals surface area contributed by atoms with Crippen LogP contribution in [0, 0.1) is 6.92 Å². The Kier molecular flexibility index (Phi) is 4.26. The number of nitrogens with zero attached hydrogens (tertiary/aromatic N) is 2. The first-order valence-electron chi connectivity index (χ1n) is 4.62. The number of anilines is 1. The van der Waals surface area contributed by atoms with Crippen molar-refractivity contribution >= 4 is 5.82 Å². The lowest BCUT2D eigenvalue weighted by Gasteiger charge is -2.15. The molecule has 1 unspecified atom stereocenters. The average Bonchev–Trinajstić information content (AvgIpc) is 2.21. The van der Waals surface area contributed by atoms with Crippen molar-refractivity contribution in [3.05, 3.63) is 11.9 Å². The van der Waals surface area contributed by atoms with Gasteiger partial charge in [-0.25, -0.2) is 15.8 Å². The zero-order chi connectivity index (χ0) is 11.3. The van der Waals surface area contributed by atoms with Crippen molar-refractivity contribution in [3.63, 3.8) is 0 Å². The first kappa shape index (κ1) is 11.7. The van der Waals surface area contributed by atoms with Crippen molar-refractivity contribution in [2.45, 2.75) is 20.0 Å². The van der Waals surface area contributed by atoms with Crippen molar-refractivity contribution in [3.8, 4) is 5.88 Å². The molecular weight excluding hydrogens is 196 g/mol. The molecule has 1 rings (SSSR count). The third-order valence-electron chi connectivity index (χ3n) is 1.89. The lowest BCUT2D eigenvalue weighted by Crippen LogP contribution is -2.20. The van der Waals surface area contributed by atoms with Crippen LogP contribution in [-0.4, -0.2) is 29.8 Å². The van der Waals surface area contributed by atoms with Gasteiger partial charge in [0.15, 0.2) is 0 Å². The second kappa shape index (κ2) is 5.47. The third-order valence-corrected chi connectivity index (χ3v) is 1.89. The highest BCUT2D eigenvalue weighted by atomic mass is 16.5. The monoisotopic (exact) mass is 212 g/mol. The van der Waals surface area contributed by atoms with E-state index in [4.69, 9.17) is 15.3 Å². The Bertz CT molecular complexity index is 319. The van der Waals surface area contributed by atoms with Gasteiger partial charge in [-0.1, -0.05) is 0 Å². The summed E-state index contributed by atoms with van der Waals surface area (Å²) in [4.78, 5) is 7.98. The number of hydrogen-bond acceptors (Lipinski definition) is 6. The number of nitrogens with two attached hydrogens (primary N) is 1. The van der Waals surface area contributed by atoms with Crippen LogP contribution in [-0.2, 0) is 4.74 Å². The fourth-order valence-corrected chi connectivity index (χ4v) is 1.16. The van der Waals surface area contributed by atoms with Gasteiger partial charge >= 0.3 is 0 Å². The number of methoxy groups -OCH3 is 1. The van der Waals surface area contributed by atoms with E-state index in [0.717, 1.165) is 5.56 Å². The fraction of sp³-hybridized carbons (Fsp3) is 0.556. The summed E-state index contributed by atoms with van der Waals surface area (Å²) in [5, 5.41) is 0. The average molecular weight is 212 g/mol. The molecule has 0 fully saturated rings. The Balaban J connectivity index is 2.76. The molecule has 1 heterocycles. The number of nitrogens with one attached hydrogen (secondary N) is 1. The molecule has 0 spiro atoms. The molecule has 0 aromatic carbocycles. The molecule has 1 atom stereocenters. The Hall–Kier alpha value is -1.40. The minimum Gasteiger partial charge on any atom is -0.472 e. The van der Waals surface area contributed by atoms with E-state index in [1.807, 2.05) is 13.8 Å². The summed E-state index contributed by atoms with van der Waals surface area (Å²) >= 11 is 0. The molecule has 84 valence electrons. The second-order valence-electron chi connectivity index (χ2n) is 3.18. The lowest BCUT2D eigenvalue weighted by atomic mass is 10.3. The molecule has 0 aliphatic rings. The molecule has 0 aliphatic carbocycles. The number of rotatable bonds is 5. The Morgan fingerprint density at radius 2 is 2.27 bits per heavy atom. The highest BCUT2D eigenvalue weighted by Gasteiger charge is 2.10. The smallest absolute Gasteiger partial charge is 0.221 e. The van der Waals surface area contributed by atoms with Crippen molar-refractivity contribution in [1.29, 1.82) is 0 Å². The van der Waals surface area contributed by atoms with Crippen LogP contribution in [0.2, 0.25) is 0 Å². The summed E-state index contributed by atoms with van der Waals surface area (Å²) in [7, 11) is 1.62. The van der Waals surface area contributed by atoms with Gasteiger partial charge in [-0.3, -0.25) is 0 Å². The molecule has 1 aromatic rings. The number of hydrazine groups is 1. The standard InChI is InChI=1S/C9H16N4O2/c1-6(4-14-3)15-9-7(2)8(13-10)11-5-12-9/h5-6H,4,10H2,1-3H3,(H,11,12,13). The largest absolute Gasteiger partial charge is 0.472 e. The van der Waals surface area contributed by atoms with Crippen molar-refractivity contribution in [2.75, 3.05) is 19.1 Å². The summed E-state index contributed by atoms with van der Waals surface area (Å²) in [5.74, 6) is 6.36. The maximum Gasteiger partial charge on any atom is 0.221 e. The molecule has 0 saturated heterocycles. The van der Waals surface area contributed by atoms with Gasteiger partial charge in [-0.05, 0) is 13.8 Å². The van der Waals surface area contributed by atoms with Crippen molar-refractivity contribution in [1.82, 2.24) is 9.97 Å². The highest BCUT2D eigenvalue weighted by Crippen LogP contribution is 2.20. The van der Waals surface area contributed by atoms with Gasteiger partial charge in [0.05, 0.1) is 12.2 Å². The van der Waals surface area contributed by atoms with Crippen LogP contribution in [0.3, 0.4) is 0 Å². The number of hydrogen-bond donors (Lipinski definition) is 2. The maximum absolute atomic E-state index is 5.56. The molecule has 0 aliphatic heterocycles. The second-order valence-corrected chi connectivity index (χ2v) is 3.18. The normalized spacial score (nSPS) is 12.3. The first-order chi connectivity index (χ1) is 7.19. The molecule has 6 nitrogen and oxygen atoms in total. The van der Waals surface area contributed by atoms with Crippen LogP contribution in [0.4, 0.5) is 5.82 Å². The van der Waals surface area contributed by atoms with E-state index in [2.05, 4.69) is 15.4 Å². The highest BCUT2D eigenvalue weighted by molar-refractivity contribution is 5.46. The predicted molar refractivity (Wildman–Crippen MR) is 56.5 cm³/mol. The van der Waals surface area contributed by atoms with Crippen LogP contribution < -0.4 is 16.0 Å². The van der Waals surface area contributed by atoms with Gasteiger partial charge in [0.25, 0.3) is 0 Å². The quantitative estimate of drug-likeness (QED) is 0.546. The Morgan fingerprint density at radius 3 is 2.87 bits per heavy atom. The number of nitrogen functional groups attached to an aromatic ring is 1. The fourth-order valence-electron chi connectivity index (χ4n) is 1.16. The molecule has 0 saturated carbocycles. The van der Waals surface area contributed by atoms with E-state index >= 15 is 0 Å². The minimum absolute atomic E-state index is 0.0609. The predicted octanol–water partition coefficient (Wildman–Crippen LogP) is 0.484. The zero-order valence-corrected chi connectivity index (χ0v) is 9.15. The lowest BCUT2D eigenvalue weighted by molar-refractivity contribution is 0.0884. The van der Waals surface area contributed by atoms with E-state index < -0.39 is 0 Å². The first-order valence-corrected chi connectivity index (χ1v) is 4.62. The number of ether oxygens (including phenoxy) is 2. The molecule has 15 heavy (non-hydrogen) atoms. The number of aromatic nitrogens is 2. The maximum atomic E-state index is 5.56. The van der Waals surface area contributed by atoms with Gasteiger partial charge in [-0.2, -0.15) is 0 Å². The summed E-state index contributed by atoms with van der Waals surface area (Å²) in [6.07, 6.45) is 1.34. The Labute approximate surface area is 88.8 Å². The molecular formula is C9H16N4O2. The van der Waals surface area contributed by atoms with Crippen molar-refractivity contribution < 1.29 is 9.47 Å². The van der Waals surface area contributed by atoms with E-state index in [1.165, 1.54) is 6.33 Å². The van der Waals surface area contributed by atoms with Gasteiger partial charge < -0.3 is 14.9 Å². The SMILES string of the molecule is COCC(C)Oc1ncnc(NN)c1C. The van der Waals surface area contributed by atoms with Crippen LogP contribution in [0.1, 0.15) is 12.5 Å². The van der Waals surface area contributed by atoms with Gasteiger partial charge in [0.2, 0.25) is 5.88 Å². The molecule has 3 N–H and O–H groups in total. The van der Waals surface area contributed by atoms with Crippen LogP contribution in [0.5, 0.6) is 5.88 Å². The Morgan fingerprint density at radius 1 is 1.53 bits per heavy atom. The third kappa shape index (κ3) is 3.03. The van der Waals surface area contributed by atoms with E-state index in [1.54, 1.807) is 7.11 Å². The van der Waals surface area contributed by atoms with Crippen molar-refractivity contribution in [2.24, 2.45) is 5.84 Å². The molecule has 6 heteroatoms.